The van der Waals surface area contributed by atoms with Gasteiger partial charge in [-0.25, -0.2) is 0 Å². The molecular weight excluding hydrogens is 288 g/mol. The molecule has 0 spiro atoms. The molecule has 3 aliphatic rings. The molecule has 22 heavy (non-hydrogen) atoms. The number of aliphatic hydroxyl groups is 3. The van der Waals surface area contributed by atoms with Crippen LogP contribution in [0, 0.1) is 28.6 Å². The number of fused-ring (bicyclic) bond motifs is 2. The summed E-state index contributed by atoms with van der Waals surface area (Å²) in [7, 11) is 1.55. The highest BCUT2D eigenvalue weighted by atomic mass is 16.6. The van der Waals surface area contributed by atoms with Crippen molar-refractivity contribution in [2.75, 3.05) is 13.7 Å². The van der Waals surface area contributed by atoms with Crippen molar-refractivity contribution in [2.45, 2.75) is 51.6 Å². The molecule has 3 N–H and O–H groups in total. The molecule has 7 atom stereocenters. The molecule has 0 aromatic heterocycles. The minimum Gasteiger partial charge on any atom is -0.435 e. The number of ether oxygens (including phenoxy) is 2. The van der Waals surface area contributed by atoms with E-state index < -0.39 is 41.9 Å². The Hall–Kier alpha value is -0.690. The molecule has 0 amide bonds. The predicted octanol–water partition coefficient (Wildman–Crippen LogP) is 0.288. The first-order valence-corrected chi connectivity index (χ1v) is 7.87. The Kier molecular flexibility index (Phi) is 3.43. The van der Waals surface area contributed by atoms with E-state index in [2.05, 4.69) is 13.8 Å². The van der Waals surface area contributed by atoms with Crippen LogP contribution in [0.25, 0.3) is 0 Å². The van der Waals surface area contributed by atoms with E-state index in [9.17, 15) is 20.1 Å². The summed E-state index contributed by atoms with van der Waals surface area (Å²) < 4.78 is 10.8. The van der Waals surface area contributed by atoms with Crippen molar-refractivity contribution >= 4 is 5.97 Å². The first kappa shape index (κ1) is 16.2. The molecule has 126 valence electrons. The van der Waals surface area contributed by atoms with E-state index in [1.165, 1.54) is 0 Å². The van der Waals surface area contributed by atoms with Crippen molar-refractivity contribution < 1.29 is 29.6 Å². The van der Waals surface area contributed by atoms with Gasteiger partial charge in [0.2, 0.25) is 6.29 Å². The molecule has 0 bridgehead atoms. The van der Waals surface area contributed by atoms with Crippen molar-refractivity contribution in [1.82, 2.24) is 0 Å². The summed E-state index contributed by atoms with van der Waals surface area (Å²) in [6, 6.07) is 0. The molecule has 6 heteroatoms. The summed E-state index contributed by atoms with van der Waals surface area (Å²) in [5, 5.41) is 31.2. The van der Waals surface area contributed by atoms with Crippen LogP contribution in [0.5, 0.6) is 0 Å². The average Bonchev–Trinajstić information content (AvgIpc) is 2.91. The fraction of sp³-hybridized carbons (Fsp3) is 0.938. The Morgan fingerprint density at radius 1 is 1.27 bits per heavy atom. The Balaban J connectivity index is 2.16. The van der Waals surface area contributed by atoms with Crippen LogP contribution in [-0.2, 0) is 14.3 Å². The van der Waals surface area contributed by atoms with Crippen molar-refractivity contribution in [3.63, 3.8) is 0 Å². The Morgan fingerprint density at radius 2 is 1.91 bits per heavy atom. The van der Waals surface area contributed by atoms with E-state index >= 15 is 0 Å². The first-order valence-electron chi connectivity index (χ1n) is 7.87. The number of esters is 1. The number of carbonyl (C=O) groups excluding carboxylic acids is 1. The van der Waals surface area contributed by atoms with Crippen LogP contribution in [0.3, 0.4) is 0 Å². The quantitative estimate of drug-likeness (QED) is 0.634. The van der Waals surface area contributed by atoms with Crippen molar-refractivity contribution in [1.29, 1.82) is 0 Å². The zero-order chi connectivity index (χ0) is 16.5. The summed E-state index contributed by atoms with van der Waals surface area (Å²) in [5.74, 6) is -1.68. The third-order valence-electron chi connectivity index (χ3n) is 6.51. The van der Waals surface area contributed by atoms with Gasteiger partial charge in [0.05, 0.1) is 24.2 Å². The standard InChI is InChI=1S/C16H26O6/c1-14(2)5-8-9(6-14)15(3,21-4)10-12(19)22-13(20)16(10,7-17)11(8)18/h8-12,17-19H,5-7H2,1-4H3/t8-,9+,10?,11+,12?,15-,16-/m1/s1. The van der Waals surface area contributed by atoms with Gasteiger partial charge >= 0.3 is 5.97 Å². The lowest BCUT2D eigenvalue weighted by Crippen LogP contribution is -2.67. The monoisotopic (exact) mass is 314 g/mol. The summed E-state index contributed by atoms with van der Waals surface area (Å²) in [5.41, 5.74) is -2.34. The van der Waals surface area contributed by atoms with Gasteiger partial charge in [0.1, 0.15) is 5.41 Å². The van der Waals surface area contributed by atoms with Crippen molar-refractivity contribution in [2.24, 2.45) is 28.6 Å². The van der Waals surface area contributed by atoms with E-state index in [-0.39, 0.29) is 17.3 Å². The highest BCUT2D eigenvalue weighted by Gasteiger charge is 2.75. The summed E-state index contributed by atoms with van der Waals surface area (Å²) in [6.07, 6.45) is -0.834. The summed E-state index contributed by atoms with van der Waals surface area (Å²) >= 11 is 0. The van der Waals surface area contributed by atoms with E-state index in [0.717, 1.165) is 12.8 Å². The fourth-order valence-electron chi connectivity index (χ4n) is 5.49. The third-order valence-corrected chi connectivity index (χ3v) is 6.51. The van der Waals surface area contributed by atoms with Crippen molar-refractivity contribution in [3.05, 3.63) is 0 Å². The maximum Gasteiger partial charge on any atom is 0.320 e. The van der Waals surface area contributed by atoms with Crippen LogP contribution in [0.4, 0.5) is 0 Å². The fourth-order valence-corrected chi connectivity index (χ4v) is 5.49. The average molecular weight is 314 g/mol. The SMILES string of the molecule is CO[C@@]1(C)C2C(O)OC(=O)[C@@]2(CO)[C@@H](O)[C@@H]2CC(C)(C)C[C@@H]21. The Morgan fingerprint density at radius 3 is 2.45 bits per heavy atom. The van der Waals surface area contributed by atoms with E-state index in [4.69, 9.17) is 9.47 Å². The molecule has 1 aliphatic heterocycles. The lowest BCUT2D eigenvalue weighted by molar-refractivity contribution is -0.238. The number of hydrogen-bond acceptors (Lipinski definition) is 6. The third kappa shape index (κ3) is 1.72. The van der Waals surface area contributed by atoms with E-state index in [1.54, 1.807) is 7.11 Å². The molecule has 6 nitrogen and oxygen atoms in total. The number of rotatable bonds is 2. The minimum absolute atomic E-state index is 0.00340. The molecule has 2 unspecified atom stereocenters. The molecular formula is C16H26O6. The summed E-state index contributed by atoms with van der Waals surface area (Å²) in [6.45, 7) is 5.56. The Bertz CT molecular complexity index is 491. The normalized spacial score (nSPS) is 53.0. The predicted molar refractivity (Wildman–Crippen MR) is 76.5 cm³/mol. The Labute approximate surface area is 130 Å². The summed E-state index contributed by atoms with van der Waals surface area (Å²) in [4.78, 5) is 12.4. The number of hydrogen-bond donors (Lipinski definition) is 3. The van der Waals surface area contributed by atoms with Gasteiger partial charge < -0.3 is 24.8 Å². The molecule has 1 heterocycles. The lowest BCUT2D eigenvalue weighted by Gasteiger charge is -2.54. The van der Waals surface area contributed by atoms with Crippen LogP contribution >= 0.6 is 0 Å². The lowest BCUT2D eigenvalue weighted by atomic mass is 9.53. The zero-order valence-electron chi connectivity index (χ0n) is 13.6. The van der Waals surface area contributed by atoms with Gasteiger partial charge in [-0.05, 0) is 37.0 Å². The van der Waals surface area contributed by atoms with Gasteiger partial charge in [-0.3, -0.25) is 4.79 Å². The topological polar surface area (TPSA) is 96.2 Å². The molecule has 0 aromatic rings. The second kappa shape index (κ2) is 4.66. The van der Waals surface area contributed by atoms with Gasteiger partial charge in [-0.1, -0.05) is 13.8 Å². The van der Waals surface area contributed by atoms with Gasteiger partial charge in [0.25, 0.3) is 0 Å². The van der Waals surface area contributed by atoms with Gasteiger partial charge in [0, 0.05) is 7.11 Å². The smallest absolute Gasteiger partial charge is 0.320 e. The number of methoxy groups -OCH3 is 1. The van der Waals surface area contributed by atoms with Crippen LogP contribution in [0.15, 0.2) is 0 Å². The molecule has 0 aromatic carbocycles. The molecule has 0 radical (unpaired) electrons. The number of cyclic esters (lactones) is 1. The van der Waals surface area contributed by atoms with Gasteiger partial charge in [-0.15, -0.1) is 0 Å². The van der Waals surface area contributed by atoms with Crippen LogP contribution in [0.1, 0.15) is 33.6 Å². The highest BCUT2D eigenvalue weighted by molar-refractivity contribution is 5.81. The van der Waals surface area contributed by atoms with E-state index in [0.29, 0.717) is 0 Å². The van der Waals surface area contributed by atoms with Crippen LogP contribution in [0.2, 0.25) is 0 Å². The molecule has 3 fully saturated rings. The second-order valence-electron chi connectivity index (χ2n) is 8.15. The van der Waals surface area contributed by atoms with Crippen LogP contribution < -0.4 is 0 Å². The maximum atomic E-state index is 12.4. The maximum absolute atomic E-state index is 12.4. The molecule has 3 rings (SSSR count). The molecule has 2 aliphatic carbocycles. The molecule has 2 saturated carbocycles. The largest absolute Gasteiger partial charge is 0.435 e. The first-order chi connectivity index (χ1) is 10.1. The van der Waals surface area contributed by atoms with Crippen LogP contribution in [-0.4, -0.2) is 53.0 Å². The van der Waals surface area contributed by atoms with Gasteiger partial charge in [-0.2, -0.15) is 0 Å². The molecule has 1 saturated heterocycles. The zero-order valence-corrected chi connectivity index (χ0v) is 13.6. The van der Waals surface area contributed by atoms with E-state index in [1.807, 2.05) is 6.92 Å². The minimum atomic E-state index is -1.51. The second-order valence-corrected chi connectivity index (χ2v) is 8.15. The highest BCUT2D eigenvalue weighted by Crippen LogP contribution is 2.64. The number of carbonyl (C=O) groups is 1. The number of aliphatic hydroxyl groups excluding tert-OH is 3. The van der Waals surface area contributed by atoms with Gasteiger partial charge in [0.15, 0.2) is 0 Å². The van der Waals surface area contributed by atoms with Crippen molar-refractivity contribution in [3.8, 4) is 0 Å².